The summed E-state index contributed by atoms with van der Waals surface area (Å²) in [4.78, 5) is 22.6. The zero-order valence-electron chi connectivity index (χ0n) is 48.9. The van der Waals surface area contributed by atoms with Crippen molar-refractivity contribution in [2.24, 2.45) is 0 Å². The number of anilines is 3. The van der Waals surface area contributed by atoms with Crippen LogP contribution in [0.3, 0.4) is 0 Å². The van der Waals surface area contributed by atoms with Crippen molar-refractivity contribution in [2.75, 3.05) is 88.6 Å². The molecule has 0 unspecified atom stereocenters. The van der Waals surface area contributed by atoms with E-state index in [-0.39, 0.29) is 107 Å². The van der Waals surface area contributed by atoms with Gasteiger partial charge in [0, 0.05) is 138 Å². The first-order chi connectivity index (χ1) is 41.9. The smallest absolute Gasteiger partial charge is 0.366 e. The topological polar surface area (TPSA) is 390 Å². The normalized spacial score (nSPS) is 15.6. The molecule has 3 saturated heterocycles. The Kier molecular flexibility index (Phi) is 25.0. The van der Waals surface area contributed by atoms with E-state index in [2.05, 4.69) is 86.8 Å². The van der Waals surface area contributed by atoms with Crippen LogP contribution in [0.15, 0.2) is 91.8 Å². The van der Waals surface area contributed by atoms with Crippen molar-refractivity contribution in [1.82, 2.24) is 87.1 Å². The van der Waals surface area contributed by atoms with Gasteiger partial charge in [-0.1, -0.05) is 18.2 Å². The van der Waals surface area contributed by atoms with Gasteiger partial charge in [0.05, 0.1) is 48.2 Å². The first-order valence-corrected chi connectivity index (χ1v) is 33.3. The third-order valence-electron chi connectivity index (χ3n) is 13.5. The maximum Gasteiger partial charge on any atom is 0.511 e. The number of nitrogens with two attached hydrogens (primary N) is 3. The Morgan fingerprint density at radius 3 is 1.07 bits per heavy atom. The fourth-order valence-corrected chi connectivity index (χ4v) is 11.2. The molecule has 7 N–H and O–H groups in total. The summed E-state index contributed by atoms with van der Waals surface area (Å²) in [6.45, 7) is 22.8. The molecule has 32 nitrogen and oxygen atoms in total. The number of hydrogen-bond acceptors (Lipinski definition) is 21. The number of rotatable bonds is 11. The van der Waals surface area contributed by atoms with E-state index in [1.165, 1.54) is 32.2 Å². The van der Waals surface area contributed by atoms with Gasteiger partial charge in [0.25, 0.3) is 0 Å². The van der Waals surface area contributed by atoms with Crippen LogP contribution in [-0.2, 0) is 96.9 Å². The molecule has 94 heavy (non-hydrogen) atoms. The Hall–Kier alpha value is -7.42. The van der Waals surface area contributed by atoms with Crippen LogP contribution >= 0.6 is 21.4 Å². The molecular formula is C48H52Cl2F6N24O8S4W2-2. The molecule has 0 spiro atoms. The van der Waals surface area contributed by atoms with E-state index in [0.29, 0.717) is 39.0 Å². The average Bonchev–Trinajstić information content (AvgIpc) is 1.43. The van der Waals surface area contributed by atoms with Crippen LogP contribution in [0.5, 0.6) is 0 Å². The number of alkyl halides is 6. The number of fused-ring (bicyclic) bond motifs is 3. The van der Waals surface area contributed by atoms with Gasteiger partial charge < -0.3 is 51.9 Å². The van der Waals surface area contributed by atoms with Gasteiger partial charge in [0.2, 0.25) is 56.6 Å². The van der Waals surface area contributed by atoms with Crippen LogP contribution in [0.2, 0.25) is 0 Å². The molecule has 0 bridgehead atoms. The Labute approximate surface area is 570 Å². The third-order valence-corrected chi connectivity index (χ3v) is 17.3. The predicted molar refractivity (Wildman–Crippen MR) is 324 cm³/mol. The molecule has 3 aliphatic rings. The van der Waals surface area contributed by atoms with Gasteiger partial charge in [-0.25, -0.2) is 66.9 Å². The minimum atomic E-state index is -5.46. The van der Waals surface area contributed by atoms with Crippen LogP contribution in [0.4, 0.5) is 44.2 Å². The fourth-order valence-electron chi connectivity index (χ4n) is 9.17. The number of halogens is 8. The summed E-state index contributed by atoms with van der Waals surface area (Å²) >= 11 is 0. The summed E-state index contributed by atoms with van der Waals surface area (Å²) in [6.07, 6.45) is 12.3. The van der Waals surface area contributed by atoms with Crippen molar-refractivity contribution in [2.45, 2.75) is 27.6 Å². The van der Waals surface area contributed by atoms with E-state index >= 15 is 0 Å². The first kappa shape index (κ1) is 79.0. The SMILES string of the molecule is CS(=O)(=O)Cl.O=S(=O)(Cl)C(F)(F)F.[C-]#[N+]CC1(n2cc(-c3cccc4nc(N)nn34)cn2)CN(S(=O)(=O)C(F)(F)F)C1.[C-]#[N+]CC1(n2cc(-c3cccc4nc(N)nn34)cn2)CN(S(C)(=O)=O)C1.[C-]#[N+]CC1(n2cc(-c3cccc4nc(N)nn34)cn2)CNC1.[CH3-].[CH3-].[W].[W]. The number of aromatic nitrogens is 15. The minimum Gasteiger partial charge on any atom is -0.366 e. The van der Waals surface area contributed by atoms with Crippen LogP contribution in [-0.4, -0.2) is 198 Å². The molecule has 3 fully saturated rings. The molecule has 0 aliphatic carbocycles. The van der Waals surface area contributed by atoms with E-state index in [1.807, 2.05) is 41.2 Å². The second-order valence-corrected chi connectivity index (χ2v) is 29.5. The molecule has 0 atom stereocenters. The maximum atomic E-state index is 12.8. The first-order valence-electron chi connectivity index (χ1n) is 25.0. The molecule has 12 rings (SSSR count). The van der Waals surface area contributed by atoms with Gasteiger partial charge in [-0.2, -0.15) is 65.2 Å². The second kappa shape index (κ2) is 29.7. The monoisotopic (exact) mass is 1770 g/mol. The number of hydrogen-bond donors (Lipinski definition) is 4. The Bertz CT molecular complexity index is 4770. The van der Waals surface area contributed by atoms with Crippen LogP contribution < -0.4 is 22.5 Å². The summed E-state index contributed by atoms with van der Waals surface area (Å²) in [5, 5.41) is 28.7. The fraction of sp³-hybridized carbons (Fsp3) is 0.333. The number of nitrogen functional groups attached to an aromatic ring is 3. The van der Waals surface area contributed by atoms with Gasteiger partial charge in [-0.15, -0.1) is 15.3 Å². The zero-order chi connectivity index (χ0) is 66.2. The Morgan fingerprint density at radius 2 is 0.819 bits per heavy atom. The van der Waals surface area contributed by atoms with E-state index < -0.39 is 73.3 Å². The Morgan fingerprint density at radius 1 is 0.532 bits per heavy atom. The summed E-state index contributed by atoms with van der Waals surface area (Å²) < 4.78 is 166. The molecular weight excluding hydrogens is 1720 g/mol. The summed E-state index contributed by atoms with van der Waals surface area (Å²) in [6, 6.07) is 16.4. The second-order valence-electron chi connectivity index (χ2n) is 20.0. The quantitative estimate of drug-likeness (QED) is 0.0817. The minimum absolute atomic E-state index is 0. The largest absolute Gasteiger partial charge is 0.511 e. The standard InChI is InChI=1S/C15H13F3N8O2S.C15H16N8O2S.C14H14N8.CClF3O2S.CH3ClO2S.2CH3.2W/c1-20-7-14(8-24(9-14)29(27,28)15(16,17)18)25-6-10(5-21-25)11-3-2-4-12-22-13(19)23-26(11)12;1-17-8-15(9-21(10-15)26(2,24)25)22-7-11(6-18-22)12-4-3-5-13-19-14(16)20-23(12)13;1-16-7-14(8-17-9-14)21-6-10(5-18-21)11-3-2-4-12-19-13(15)20-22(11)12;2-8(6,7)1(3,4)5;1-5(2,3)4;;;;/h2-6H,7-9H2,(H2,19,23);3-7H,8-10H2,2H3,(H2,16,20);2-6,17H,7-9H2,(H2,15,20);;1H3;2*1H3;;/q;;;;;2*-1;;. The van der Waals surface area contributed by atoms with Gasteiger partial charge in [0.15, 0.2) is 33.6 Å². The van der Waals surface area contributed by atoms with Gasteiger partial charge in [-0.3, -0.25) is 14.0 Å². The molecule has 0 amide bonds. The number of nitrogens with zero attached hydrogens (tertiary/aromatic N) is 20. The molecule has 46 heteroatoms. The van der Waals surface area contributed by atoms with E-state index in [9.17, 15) is 60.0 Å². The predicted octanol–water partition coefficient (Wildman–Crippen LogP) is 3.57. The number of sulfonamides is 2. The molecule has 506 valence electrons. The molecule has 9 aromatic heterocycles. The molecule has 12 heterocycles. The van der Waals surface area contributed by atoms with Crippen molar-refractivity contribution in [3.8, 4) is 33.8 Å². The van der Waals surface area contributed by atoms with Crippen molar-refractivity contribution >= 4 is 94.3 Å². The van der Waals surface area contributed by atoms with E-state index in [1.54, 1.807) is 56.6 Å². The zero-order valence-corrected chi connectivity index (χ0v) is 59.6. The van der Waals surface area contributed by atoms with Gasteiger partial charge in [-0.05, 0) is 36.4 Å². The summed E-state index contributed by atoms with van der Waals surface area (Å²) in [5.74, 6) is 0.492. The Balaban J connectivity index is 0.000000270. The molecule has 0 radical (unpaired) electrons. The van der Waals surface area contributed by atoms with Crippen LogP contribution in [0, 0.1) is 34.6 Å². The molecule has 9 aromatic rings. The maximum absolute atomic E-state index is 12.8. The van der Waals surface area contributed by atoms with Crippen LogP contribution in [0.1, 0.15) is 0 Å². The van der Waals surface area contributed by atoms with Crippen LogP contribution in [0.25, 0.3) is 65.2 Å². The summed E-state index contributed by atoms with van der Waals surface area (Å²) in [5.41, 5.74) is 10.5. The van der Waals surface area contributed by atoms with Crippen molar-refractivity contribution in [1.29, 1.82) is 0 Å². The molecule has 0 saturated carbocycles. The molecule has 0 aromatic carbocycles. The van der Waals surface area contributed by atoms with Crippen molar-refractivity contribution in [3.63, 3.8) is 0 Å². The van der Waals surface area contributed by atoms with E-state index in [4.69, 9.17) is 36.9 Å². The summed E-state index contributed by atoms with van der Waals surface area (Å²) in [7, 11) is -8.94. The van der Waals surface area contributed by atoms with E-state index in [0.717, 1.165) is 41.9 Å². The van der Waals surface area contributed by atoms with Gasteiger partial charge in [0.1, 0.15) is 0 Å². The number of nitrogens with one attached hydrogen (secondary N) is 1. The van der Waals surface area contributed by atoms with Crippen molar-refractivity contribution in [3.05, 3.63) is 141 Å². The van der Waals surface area contributed by atoms with Gasteiger partial charge >= 0.3 is 30.1 Å². The third kappa shape index (κ3) is 17.2. The number of pyridine rings is 3. The average molecular weight is 1770 g/mol. The molecule has 3 aliphatic heterocycles. The van der Waals surface area contributed by atoms with Crippen molar-refractivity contribution < 1.29 is 102 Å².